The molecule has 8 atom stereocenters. The van der Waals surface area contributed by atoms with Crippen LogP contribution in [0.3, 0.4) is 0 Å². The van der Waals surface area contributed by atoms with E-state index >= 15 is 4.39 Å². The number of piperidine rings is 1. The molecule has 3 aliphatic heterocycles. The van der Waals surface area contributed by atoms with Crippen LogP contribution < -0.4 is 32.6 Å². The average molecular weight is 434 g/mol. The van der Waals surface area contributed by atoms with Crippen molar-refractivity contribution in [2.75, 3.05) is 4.90 Å². The van der Waals surface area contributed by atoms with Crippen LogP contribution in [0.4, 0.5) is 14.7 Å². The van der Waals surface area contributed by atoms with E-state index in [9.17, 15) is 9.18 Å². The zero-order chi connectivity index (χ0) is 21.4. The van der Waals surface area contributed by atoms with Crippen LogP contribution in [0.15, 0.2) is 11.0 Å². The molecule has 2 bridgehead atoms. The second kappa shape index (κ2) is 6.96. The molecule has 11 heteroatoms. The molecule has 4 fully saturated rings. The first-order valence-corrected chi connectivity index (χ1v) is 11.1. The van der Waals surface area contributed by atoms with Gasteiger partial charge in [0.25, 0.3) is 5.56 Å². The number of H-pyrrole nitrogens is 1. The summed E-state index contributed by atoms with van der Waals surface area (Å²) in [6, 6.07) is -0.147. The summed E-state index contributed by atoms with van der Waals surface area (Å²) in [5.41, 5.74) is 15.3. The van der Waals surface area contributed by atoms with E-state index in [0.717, 1.165) is 25.7 Å². The first kappa shape index (κ1) is 19.6. The molecule has 168 valence electrons. The predicted octanol–water partition coefficient (Wildman–Crippen LogP) is 0.233. The molecule has 0 radical (unpaired) electrons. The highest BCUT2D eigenvalue weighted by molar-refractivity contribution is 5.81. The number of alkyl halides is 2. The van der Waals surface area contributed by atoms with Crippen LogP contribution in [-0.2, 0) is 7.05 Å². The van der Waals surface area contributed by atoms with Gasteiger partial charge in [-0.25, -0.2) is 19.6 Å². The number of anilines is 1. The number of fused-ring (bicyclic) bond motifs is 4. The van der Waals surface area contributed by atoms with Crippen LogP contribution in [0.5, 0.6) is 0 Å². The summed E-state index contributed by atoms with van der Waals surface area (Å²) in [6.07, 6.45) is 2.48. The fourth-order valence-corrected chi connectivity index (χ4v) is 6.28. The van der Waals surface area contributed by atoms with Crippen molar-refractivity contribution < 1.29 is 8.78 Å². The number of nitrogens with zero attached hydrogens (tertiary/aromatic N) is 3. The minimum Gasteiger partial charge on any atom is -0.346 e. The summed E-state index contributed by atoms with van der Waals surface area (Å²) in [6.45, 7) is 0. The van der Waals surface area contributed by atoms with Gasteiger partial charge in [-0.15, -0.1) is 0 Å². The van der Waals surface area contributed by atoms with Gasteiger partial charge in [-0.3, -0.25) is 9.36 Å². The maximum Gasteiger partial charge on any atom is 0.264 e. The van der Waals surface area contributed by atoms with Crippen molar-refractivity contribution in [1.29, 1.82) is 0 Å². The third kappa shape index (κ3) is 2.80. The molecule has 9 nitrogen and oxygen atoms in total. The highest BCUT2D eigenvalue weighted by Crippen LogP contribution is 2.41. The Bertz CT molecular complexity index is 1060. The lowest BCUT2D eigenvalue weighted by Crippen LogP contribution is -2.53. The quantitative estimate of drug-likeness (QED) is 0.460. The third-order valence-corrected chi connectivity index (χ3v) is 7.79. The molecule has 1 aliphatic carbocycles. The van der Waals surface area contributed by atoms with Crippen LogP contribution in [0.25, 0.3) is 11.0 Å². The maximum atomic E-state index is 15.1. The fraction of sp³-hybridized carbons (Fsp3) is 0.700. The summed E-state index contributed by atoms with van der Waals surface area (Å²) in [5, 5.41) is 0.351. The van der Waals surface area contributed by atoms with Gasteiger partial charge in [0.05, 0.1) is 11.4 Å². The van der Waals surface area contributed by atoms with Gasteiger partial charge in [-0.05, 0) is 37.7 Å². The predicted molar refractivity (Wildman–Crippen MR) is 112 cm³/mol. The van der Waals surface area contributed by atoms with Gasteiger partial charge < -0.3 is 15.6 Å². The van der Waals surface area contributed by atoms with Crippen molar-refractivity contribution in [1.82, 2.24) is 30.9 Å². The van der Waals surface area contributed by atoms with E-state index in [4.69, 9.17) is 10.7 Å². The number of rotatable bonds is 2. The third-order valence-electron chi connectivity index (χ3n) is 7.79. The van der Waals surface area contributed by atoms with E-state index in [1.165, 1.54) is 0 Å². The summed E-state index contributed by atoms with van der Waals surface area (Å²) in [5.74, 6) is -0.108. The summed E-state index contributed by atoms with van der Waals surface area (Å²) in [4.78, 5) is 23.5. The molecule has 0 amide bonds. The molecule has 0 aromatic carbocycles. The molecule has 1 saturated carbocycles. The Morgan fingerprint density at radius 2 is 1.87 bits per heavy atom. The number of halogens is 2. The van der Waals surface area contributed by atoms with Crippen molar-refractivity contribution in [3.8, 4) is 0 Å². The Morgan fingerprint density at radius 1 is 1.13 bits per heavy atom. The Balaban J connectivity index is 1.41. The number of nitrogens with two attached hydrogens (primary N) is 1. The van der Waals surface area contributed by atoms with E-state index in [1.54, 1.807) is 17.8 Å². The van der Waals surface area contributed by atoms with Gasteiger partial charge in [0.1, 0.15) is 18.0 Å². The Morgan fingerprint density at radius 3 is 2.61 bits per heavy atom. The number of aromatic nitrogens is 3. The average Bonchev–Trinajstić information content (AvgIpc) is 3.44. The van der Waals surface area contributed by atoms with Crippen LogP contribution in [0.1, 0.15) is 43.6 Å². The minimum atomic E-state index is -1.71. The van der Waals surface area contributed by atoms with Crippen LogP contribution in [0.2, 0.25) is 0 Å². The standard InChI is InChI=1S/C20H28F2N8O/c1-29-19(31)14-12(11-6-13-17(27-28-26-13)16(22)15(11)21)7-24-18(14)25-20(29)30-9-2-3-10(30)5-8(23)4-9/h7-11,13,15-17,24,26-28H,2-6,23H2,1H3/t8?,9-,10+,11?,13?,15?,16?,17?. The zero-order valence-electron chi connectivity index (χ0n) is 17.3. The minimum absolute atomic E-state index is 0.185. The molecule has 3 saturated heterocycles. The molecule has 5 heterocycles. The lowest BCUT2D eigenvalue weighted by molar-refractivity contribution is 0.0674. The molecule has 2 aromatic heterocycles. The highest BCUT2D eigenvalue weighted by atomic mass is 19.2. The largest absolute Gasteiger partial charge is 0.346 e. The van der Waals surface area contributed by atoms with E-state index in [1.807, 2.05) is 0 Å². The molecule has 31 heavy (non-hydrogen) atoms. The number of hydrogen-bond donors (Lipinski definition) is 5. The first-order chi connectivity index (χ1) is 14.9. The van der Waals surface area contributed by atoms with Crippen molar-refractivity contribution in [3.63, 3.8) is 0 Å². The zero-order valence-corrected chi connectivity index (χ0v) is 17.3. The van der Waals surface area contributed by atoms with Crippen molar-refractivity contribution >= 4 is 17.0 Å². The Labute approximate surface area is 177 Å². The molecular weight excluding hydrogens is 406 g/mol. The molecule has 0 spiro atoms. The molecule has 6 unspecified atom stereocenters. The van der Waals surface area contributed by atoms with E-state index in [2.05, 4.69) is 26.3 Å². The smallest absolute Gasteiger partial charge is 0.264 e. The monoisotopic (exact) mass is 434 g/mol. The second-order valence-corrected chi connectivity index (χ2v) is 9.54. The summed E-state index contributed by atoms with van der Waals surface area (Å²) < 4.78 is 31.4. The van der Waals surface area contributed by atoms with Gasteiger partial charge >= 0.3 is 0 Å². The SMILES string of the molecule is Cn1c(N2[C@@H]3CC[C@H]2CC(N)C3)nc2[nH]cc(C3CC4NNNC4C(F)C3F)c2c1=O. The van der Waals surface area contributed by atoms with E-state index in [0.29, 0.717) is 29.0 Å². The van der Waals surface area contributed by atoms with Gasteiger partial charge in [-0.1, -0.05) is 0 Å². The molecule has 4 aliphatic rings. The number of nitrogens with one attached hydrogen (secondary N) is 4. The number of hydrogen-bond acceptors (Lipinski definition) is 7. The Kier molecular flexibility index (Phi) is 4.40. The van der Waals surface area contributed by atoms with Gasteiger partial charge in [-0.2, -0.15) is 10.5 Å². The topological polar surface area (TPSA) is 116 Å². The molecule has 2 aromatic rings. The molecular formula is C20H28F2N8O. The van der Waals surface area contributed by atoms with Crippen molar-refractivity contribution in [2.45, 2.75) is 80.6 Å². The number of hydrazine groups is 2. The molecule has 6 rings (SSSR count). The van der Waals surface area contributed by atoms with Crippen molar-refractivity contribution in [3.05, 3.63) is 22.1 Å². The first-order valence-electron chi connectivity index (χ1n) is 11.1. The van der Waals surface area contributed by atoms with Crippen LogP contribution in [-0.4, -0.2) is 57.1 Å². The van der Waals surface area contributed by atoms with Crippen molar-refractivity contribution in [2.24, 2.45) is 12.8 Å². The van der Waals surface area contributed by atoms with Gasteiger partial charge in [0, 0.05) is 43.3 Å². The van der Waals surface area contributed by atoms with E-state index in [-0.39, 0.29) is 29.7 Å². The normalized spacial score (nSPS) is 39.9. The Hall–Kier alpha value is -2.08. The second-order valence-electron chi connectivity index (χ2n) is 9.54. The molecule has 6 N–H and O–H groups in total. The summed E-state index contributed by atoms with van der Waals surface area (Å²) >= 11 is 0. The fourth-order valence-electron chi connectivity index (χ4n) is 6.28. The summed E-state index contributed by atoms with van der Waals surface area (Å²) in [7, 11) is 1.71. The van der Waals surface area contributed by atoms with E-state index < -0.39 is 24.3 Å². The van der Waals surface area contributed by atoms with Crippen LogP contribution in [0, 0.1) is 0 Å². The maximum absolute atomic E-state index is 15.1. The van der Waals surface area contributed by atoms with Gasteiger partial charge in [0.2, 0.25) is 5.95 Å². The lowest BCUT2D eigenvalue weighted by atomic mass is 9.77. The number of aromatic amines is 1. The van der Waals surface area contributed by atoms with Crippen LogP contribution >= 0.6 is 0 Å². The lowest BCUT2D eigenvalue weighted by Gasteiger charge is -2.39. The highest BCUT2D eigenvalue weighted by Gasteiger charge is 2.49. The van der Waals surface area contributed by atoms with Gasteiger partial charge in [0.15, 0.2) is 0 Å².